The number of amides is 2. The highest BCUT2D eigenvalue weighted by Gasteiger charge is 2.45. The summed E-state index contributed by atoms with van der Waals surface area (Å²) >= 11 is 6.61. The summed E-state index contributed by atoms with van der Waals surface area (Å²) in [6, 6.07) is 12.8. The quantitative estimate of drug-likeness (QED) is 0.225. The van der Waals surface area contributed by atoms with Crippen LogP contribution in [-0.4, -0.2) is 57.3 Å². The highest BCUT2D eigenvalue weighted by molar-refractivity contribution is 6.34. The van der Waals surface area contributed by atoms with Crippen molar-refractivity contribution in [1.29, 1.82) is 0 Å². The predicted molar refractivity (Wildman–Crippen MR) is 172 cm³/mol. The Morgan fingerprint density at radius 3 is 2.51 bits per heavy atom. The molecule has 9 nitrogen and oxygen atoms in total. The van der Waals surface area contributed by atoms with Crippen LogP contribution in [0.2, 0.25) is 5.02 Å². The second-order valence-corrected chi connectivity index (χ2v) is 12.9. The SMILES string of the molecule is CNC(=O)c1ccc(OCCO[C@H]2CCCCO2)c(F)c1-c1c(Cl)c(F)cc2c1C[C@@](COC(=O)NC(C)(C)C)(c1ccccc1)O2. The lowest BCUT2D eigenvalue weighted by atomic mass is 9.85. The Bertz CT molecular complexity index is 1610. The normalized spacial score (nSPS) is 19.0. The second kappa shape index (κ2) is 14.5. The fraction of sp³-hybridized carbons (Fsp3) is 0.429. The van der Waals surface area contributed by atoms with Crippen molar-refractivity contribution in [2.45, 2.75) is 63.9 Å². The van der Waals surface area contributed by atoms with Gasteiger partial charge in [0.1, 0.15) is 24.8 Å². The van der Waals surface area contributed by atoms with Crippen molar-refractivity contribution in [2.75, 3.05) is 33.5 Å². The van der Waals surface area contributed by atoms with E-state index >= 15 is 8.78 Å². The maximum absolute atomic E-state index is 16.5. The van der Waals surface area contributed by atoms with Gasteiger partial charge < -0.3 is 34.3 Å². The van der Waals surface area contributed by atoms with E-state index in [-0.39, 0.29) is 60.7 Å². The molecule has 2 heterocycles. The molecule has 0 radical (unpaired) electrons. The molecule has 0 bridgehead atoms. The minimum Gasteiger partial charge on any atom is -0.488 e. The zero-order valence-electron chi connectivity index (χ0n) is 26.8. The summed E-state index contributed by atoms with van der Waals surface area (Å²) in [4.78, 5) is 25.8. The average molecular weight is 673 g/mol. The maximum atomic E-state index is 16.5. The van der Waals surface area contributed by atoms with Crippen LogP contribution in [-0.2, 0) is 26.2 Å². The molecule has 252 valence electrons. The number of fused-ring (bicyclic) bond motifs is 1. The zero-order chi connectivity index (χ0) is 33.8. The number of carbonyl (C=O) groups is 2. The molecule has 2 amide bonds. The number of alkyl carbamates (subject to hydrolysis) is 1. The smallest absolute Gasteiger partial charge is 0.407 e. The van der Waals surface area contributed by atoms with Gasteiger partial charge in [0.15, 0.2) is 23.5 Å². The molecule has 0 aromatic heterocycles. The number of hydrogen-bond donors (Lipinski definition) is 2. The summed E-state index contributed by atoms with van der Waals surface area (Å²) in [5, 5.41) is 4.85. The molecule has 5 rings (SSSR count). The highest BCUT2D eigenvalue weighted by atomic mass is 35.5. The third-order valence-corrected chi connectivity index (χ3v) is 8.25. The molecule has 2 aliphatic rings. The summed E-state index contributed by atoms with van der Waals surface area (Å²) in [5.74, 6) is -2.52. The molecule has 47 heavy (non-hydrogen) atoms. The summed E-state index contributed by atoms with van der Waals surface area (Å²) in [6.45, 7) is 5.94. The Morgan fingerprint density at radius 1 is 1.06 bits per heavy atom. The van der Waals surface area contributed by atoms with Crippen LogP contribution in [0.25, 0.3) is 11.1 Å². The Kier molecular flexibility index (Phi) is 10.6. The molecule has 2 atom stereocenters. The number of carbonyl (C=O) groups excluding carboxylic acids is 2. The van der Waals surface area contributed by atoms with Gasteiger partial charge >= 0.3 is 6.09 Å². The number of hydrogen-bond acceptors (Lipinski definition) is 7. The lowest BCUT2D eigenvalue weighted by molar-refractivity contribution is -0.165. The van der Waals surface area contributed by atoms with E-state index in [0.717, 1.165) is 25.3 Å². The number of ether oxygens (including phenoxy) is 5. The third-order valence-electron chi connectivity index (χ3n) is 7.88. The summed E-state index contributed by atoms with van der Waals surface area (Å²) in [7, 11) is 1.40. The van der Waals surface area contributed by atoms with Gasteiger partial charge in [0, 0.05) is 48.4 Å². The van der Waals surface area contributed by atoms with Gasteiger partial charge in [-0.3, -0.25) is 4.79 Å². The van der Waals surface area contributed by atoms with E-state index in [2.05, 4.69) is 10.6 Å². The maximum Gasteiger partial charge on any atom is 0.407 e. The second-order valence-electron chi connectivity index (χ2n) is 12.5. The van der Waals surface area contributed by atoms with Crippen LogP contribution in [0.15, 0.2) is 48.5 Å². The first kappa shape index (κ1) is 34.4. The molecule has 3 aromatic rings. The van der Waals surface area contributed by atoms with Gasteiger partial charge in [-0.05, 0) is 57.7 Å². The molecule has 0 unspecified atom stereocenters. The molecule has 12 heteroatoms. The van der Waals surface area contributed by atoms with Crippen molar-refractivity contribution in [3.8, 4) is 22.6 Å². The number of nitrogens with one attached hydrogen (secondary N) is 2. The van der Waals surface area contributed by atoms with Gasteiger partial charge in [-0.1, -0.05) is 41.9 Å². The van der Waals surface area contributed by atoms with E-state index < -0.39 is 39.8 Å². The minimum absolute atomic E-state index is 0.00126. The summed E-state index contributed by atoms with van der Waals surface area (Å²) in [6.07, 6.45) is 1.73. The lowest BCUT2D eigenvalue weighted by Crippen LogP contribution is -2.44. The topological polar surface area (TPSA) is 104 Å². The van der Waals surface area contributed by atoms with E-state index in [0.29, 0.717) is 17.7 Å². The van der Waals surface area contributed by atoms with Gasteiger partial charge in [0.05, 0.1) is 17.2 Å². The van der Waals surface area contributed by atoms with Crippen LogP contribution in [0, 0.1) is 11.6 Å². The summed E-state index contributed by atoms with van der Waals surface area (Å²) in [5.41, 5.74) is -1.31. The number of benzene rings is 3. The molecular weight excluding hydrogens is 634 g/mol. The zero-order valence-corrected chi connectivity index (χ0v) is 27.6. The van der Waals surface area contributed by atoms with E-state index in [1.165, 1.54) is 19.2 Å². The molecule has 0 saturated carbocycles. The molecule has 1 fully saturated rings. The predicted octanol–water partition coefficient (Wildman–Crippen LogP) is 6.92. The minimum atomic E-state index is -1.32. The van der Waals surface area contributed by atoms with Crippen LogP contribution >= 0.6 is 11.6 Å². The molecular formula is C35H39ClF2N2O7. The Balaban J connectivity index is 1.53. The van der Waals surface area contributed by atoms with Crippen molar-refractivity contribution in [2.24, 2.45) is 0 Å². The lowest BCUT2D eigenvalue weighted by Gasteiger charge is -2.30. The van der Waals surface area contributed by atoms with E-state index in [9.17, 15) is 9.59 Å². The van der Waals surface area contributed by atoms with Crippen LogP contribution in [0.3, 0.4) is 0 Å². The first-order valence-corrected chi connectivity index (χ1v) is 15.9. The van der Waals surface area contributed by atoms with Crippen LogP contribution in [0.5, 0.6) is 11.5 Å². The highest BCUT2D eigenvalue weighted by Crippen LogP contribution is 2.51. The van der Waals surface area contributed by atoms with Crippen molar-refractivity contribution >= 4 is 23.6 Å². The van der Waals surface area contributed by atoms with Gasteiger partial charge in [0.25, 0.3) is 5.91 Å². The fourth-order valence-electron chi connectivity index (χ4n) is 5.70. The Labute approximate surface area is 277 Å². The molecule has 1 saturated heterocycles. The van der Waals surface area contributed by atoms with Gasteiger partial charge in [0.2, 0.25) is 0 Å². The van der Waals surface area contributed by atoms with Crippen LogP contribution < -0.4 is 20.1 Å². The summed E-state index contributed by atoms with van der Waals surface area (Å²) < 4.78 is 61.1. The van der Waals surface area contributed by atoms with Crippen molar-refractivity contribution in [3.63, 3.8) is 0 Å². The van der Waals surface area contributed by atoms with Crippen LogP contribution in [0.4, 0.5) is 13.6 Å². The third kappa shape index (κ3) is 7.80. The van der Waals surface area contributed by atoms with E-state index in [1.807, 2.05) is 26.8 Å². The first-order valence-electron chi connectivity index (χ1n) is 15.5. The standard InChI is InChI=1S/C35H39ClF2N2O7/c1-34(2,3)40-33(42)46-20-35(21-10-6-5-7-11-21)19-23-26(47-35)18-24(37)30(36)28(23)29-22(32(41)39-4)13-14-25(31(29)38)43-16-17-45-27-12-8-9-15-44-27/h5-7,10-11,13-14,18,27H,8-9,12,15-17,19-20H2,1-4H3,(H,39,41)(H,40,42)/t27-,35+/m0/s1. The molecule has 0 spiro atoms. The van der Waals surface area contributed by atoms with Crippen molar-refractivity contribution in [1.82, 2.24) is 10.6 Å². The van der Waals surface area contributed by atoms with E-state index in [1.54, 1.807) is 24.3 Å². The average Bonchev–Trinajstić information content (AvgIpc) is 3.42. The molecule has 0 aliphatic carbocycles. The van der Waals surface area contributed by atoms with Gasteiger partial charge in [-0.2, -0.15) is 0 Å². The Morgan fingerprint density at radius 2 is 1.83 bits per heavy atom. The van der Waals surface area contributed by atoms with Gasteiger partial charge in [-0.15, -0.1) is 0 Å². The molecule has 3 aromatic carbocycles. The van der Waals surface area contributed by atoms with E-state index in [4.69, 9.17) is 35.3 Å². The number of rotatable bonds is 10. The molecule has 2 aliphatic heterocycles. The largest absolute Gasteiger partial charge is 0.488 e. The first-order chi connectivity index (χ1) is 22.4. The number of halogens is 3. The molecule has 2 N–H and O–H groups in total. The van der Waals surface area contributed by atoms with Gasteiger partial charge in [-0.25, -0.2) is 13.6 Å². The van der Waals surface area contributed by atoms with Crippen molar-refractivity contribution in [3.05, 3.63) is 81.9 Å². The van der Waals surface area contributed by atoms with Crippen molar-refractivity contribution < 1.29 is 42.1 Å². The Hall–Kier alpha value is -3.93. The fourth-order valence-corrected chi connectivity index (χ4v) is 5.96. The monoisotopic (exact) mass is 672 g/mol. The van der Waals surface area contributed by atoms with Crippen LogP contribution in [0.1, 0.15) is 61.5 Å².